The lowest BCUT2D eigenvalue weighted by Crippen LogP contribution is -2.33. The first-order valence-electron chi connectivity index (χ1n) is 7.05. The molecule has 1 aliphatic heterocycles. The van der Waals surface area contributed by atoms with E-state index < -0.39 is 10.0 Å². The largest absolute Gasteiger partial charge is 0.335 e. The number of rotatable bonds is 5. The van der Waals surface area contributed by atoms with Gasteiger partial charge in [-0.2, -0.15) is 0 Å². The number of primary sulfonamides is 1. The third-order valence-electron chi connectivity index (χ3n) is 3.79. The van der Waals surface area contributed by atoms with Crippen LogP contribution in [0.4, 0.5) is 0 Å². The van der Waals surface area contributed by atoms with Gasteiger partial charge in [-0.1, -0.05) is 13.8 Å². The number of fused-ring (bicyclic) bond motifs is 1. The van der Waals surface area contributed by atoms with Crippen LogP contribution in [0.2, 0.25) is 0 Å². The van der Waals surface area contributed by atoms with Gasteiger partial charge >= 0.3 is 0 Å². The van der Waals surface area contributed by atoms with Gasteiger partial charge < -0.3 is 4.57 Å². The fourth-order valence-electron chi connectivity index (χ4n) is 2.80. The lowest BCUT2D eigenvalue weighted by molar-refractivity contribution is 0.249. The molecule has 2 rings (SSSR count). The van der Waals surface area contributed by atoms with Crippen molar-refractivity contribution in [2.45, 2.75) is 39.2 Å². The molecule has 1 aromatic heterocycles. The van der Waals surface area contributed by atoms with Crippen molar-refractivity contribution in [1.82, 2.24) is 14.5 Å². The van der Waals surface area contributed by atoms with Gasteiger partial charge in [0.05, 0.1) is 11.4 Å². The second-order valence-corrected chi connectivity index (χ2v) is 7.56. The predicted octanol–water partition coefficient (Wildman–Crippen LogP) is 0.580. The summed E-state index contributed by atoms with van der Waals surface area (Å²) in [7, 11) is -1.26. The Morgan fingerprint density at radius 3 is 2.70 bits per heavy atom. The van der Waals surface area contributed by atoms with Crippen LogP contribution in [0.3, 0.4) is 0 Å². The Labute approximate surface area is 121 Å². The van der Waals surface area contributed by atoms with Crippen molar-refractivity contribution in [3.8, 4) is 0 Å². The average molecular weight is 300 g/mol. The minimum absolute atomic E-state index is 0.0514. The molecular weight excluding hydrogens is 276 g/mol. The number of imidazole rings is 1. The first-order chi connectivity index (χ1) is 9.28. The molecule has 0 spiro atoms. The van der Waals surface area contributed by atoms with Crippen LogP contribution in [-0.2, 0) is 30.0 Å². The van der Waals surface area contributed by atoms with Gasteiger partial charge in [0, 0.05) is 38.2 Å². The highest BCUT2D eigenvalue weighted by molar-refractivity contribution is 7.89. The predicted molar refractivity (Wildman–Crippen MR) is 78.9 cm³/mol. The Morgan fingerprint density at radius 2 is 2.10 bits per heavy atom. The molecular formula is C13H24N4O2S. The highest BCUT2D eigenvalue weighted by atomic mass is 32.2. The Kier molecular flexibility index (Phi) is 4.51. The smallest absolute Gasteiger partial charge is 0.209 e. The first-order valence-corrected chi connectivity index (χ1v) is 8.76. The summed E-state index contributed by atoms with van der Waals surface area (Å²) < 4.78 is 24.1. The molecule has 114 valence electrons. The summed E-state index contributed by atoms with van der Waals surface area (Å²) in [4.78, 5) is 6.99. The van der Waals surface area contributed by atoms with E-state index in [2.05, 4.69) is 30.4 Å². The van der Waals surface area contributed by atoms with E-state index in [-0.39, 0.29) is 5.75 Å². The third kappa shape index (κ3) is 3.59. The molecule has 0 bridgehead atoms. The molecule has 0 saturated heterocycles. The summed E-state index contributed by atoms with van der Waals surface area (Å²) in [6.45, 7) is 6.81. The fraction of sp³-hybridized carbons (Fsp3) is 0.769. The standard InChI is InChI=1S/C13H24N4O2S/c1-10(2)13-15-11-9-17(6-4-8-20(14,18)19)7-5-12(11)16(13)3/h10H,4-9H2,1-3H3,(H2,14,18,19). The van der Waals surface area contributed by atoms with Gasteiger partial charge in [-0.3, -0.25) is 4.90 Å². The summed E-state index contributed by atoms with van der Waals surface area (Å²) >= 11 is 0. The van der Waals surface area contributed by atoms with Crippen molar-refractivity contribution in [3.63, 3.8) is 0 Å². The van der Waals surface area contributed by atoms with E-state index in [1.54, 1.807) is 0 Å². The van der Waals surface area contributed by atoms with E-state index >= 15 is 0 Å². The number of hydrogen-bond donors (Lipinski definition) is 1. The third-order valence-corrected chi connectivity index (χ3v) is 4.65. The normalized spacial score (nSPS) is 16.6. The van der Waals surface area contributed by atoms with Gasteiger partial charge in [0.1, 0.15) is 5.82 Å². The molecule has 0 amide bonds. The molecule has 0 saturated carbocycles. The summed E-state index contributed by atoms with van der Waals surface area (Å²) in [6, 6.07) is 0. The van der Waals surface area contributed by atoms with Crippen LogP contribution in [0.15, 0.2) is 0 Å². The quantitative estimate of drug-likeness (QED) is 0.862. The van der Waals surface area contributed by atoms with Crippen molar-refractivity contribution in [1.29, 1.82) is 0 Å². The van der Waals surface area contributed by atoms with Crippen LogP contribution in [-0.4, -0.2) is 41.7 Å². The van der Waals surface area contributed by atoms with Gasteiger partial charge in [-0.25, -0.2) is 18.5 Å². The van der Waals surface area contributed by atoms with E-state index in [1.807, 2.05) is 0 Å². The van der Waals surface area contributed by atoms with Crippen molar-refractivity contribution in [2.24, 2.45) is 12.2 Å². The monoisotopic (exact) mass is 300 g/mol. The number of nitrogens with zero attached hydrogens (tertiary/aromatic N) is 3. The highest BCUT2D eigenvalue weighted by Gasteiger charge is 2.23. The molecule has 0 fully saturated rings. The second-order valence-electron chi connectivity index (χ2n) is 5.82. The van der Waals surface area contributed by atoms with Gasteiger partial charge in [0.15, 0.2) is 0 Å². The second kappa shape index (κ2) is 5.83. The van der Waals surface area contributed by atoms with Crippen molar-refractivity contribution in [3.05, 3.63) is 17.2 Å². The Morgan fingerprint density at radius 1 is 1.40 bits per heavy atom. The molecule has 1 aromatic rings. The van der Waals surface area contributed by atoms with Crippen molar-refractivity contribution >= 4 is 10.0 Å². The van der Waals surface area contributed by atoms with E-state index in [0.29, 0.717) is 12.3 Å². The molecule has 6 nitrogen and oxygen atoms in total. The summed E-state index contributed by atoms with van der Waals surface area (Å²) in [5.74, 6) is 1.60. The minimum Gasteiger partial charge on any atom is -0.335 e. The number of nitrogens with two attached hydrogens (primary N) is 1. The number of sulfonamides is 1. The van der Waals surface area contributed by atoms with E-state index in [4.69, 9.17) is 10.1 Å². The zero-order valence-corrected chi connectivity index (χ0v) is 13.3. The molecule has 0 atom stereocenters. The average Bonchev–Trinajstić information content (AvgIpc) is 2.65. The number of aromatic nitrogens is 2. The van der Waals surface area contributed by atoms with Crippen molar-refractivity contribution in [2.75, 3.05) is 18.8 Å². The first kappa shape index (κ1) is 15.5. The Hall–Kier alpha value is -0.920. The zero-order valence-electron chi connectivity index (χ0n) is 12.5. The molecule has 0 unspecified atom stereocenters. The summed E-state index contributed by atoms with van der Waals surface area (Å²) in [5.41, 5.74) is 2.45. The molecule has 20 heavy (non-hydrogen) atoms. The maximum atomic E-state index is 10.9. The van der Waals surface area contributed by atoms with Crippen LogP contribution in [0.5, 0.6) is 0 Å². The fourth-order valence-corrected chi connectivity index (χ4v) is 3.33. The highest BCUT2D eigenvalue weighted by Crippen LogP contribution is 2.23. The molecule has 2 heterocycles. The van der Waals surface area contributed by atoms with Gasteiger partial charge in [-0.05, 0) is 13.0 Å². The zero-order chi connectivity index (χ0) is 14.9. The minimum atomic E-state index is -3.35. The Balaban J connectivity index is 1.99. The van der Waals surface area contributed by atoms with Crippen LogP contribution in [0.1, 0.15) is 43.4 Å². The van der Waals surface area contributed by atoms with Crippen LogP contribution in [0, 0.1) is 0 Å². The SMILES string of the molecule is CC(C)c1nc2c(n1C)CCN(CCCS(N)(=O)=O)C2. The summed E-state index contributed by atoms with van der Waals surface area (Å²) in [6.07, 6.45) is 1.55. The Bertz CT molecular complexity index is 577. The maximum Gasteiger partial charge on any atom is 0.209 e. The molecule has 2 N–H and O–H groups in total. The maximum absolute atomic E-state index is 10.9. The van der Waals surface area contributed by atoms with Crippen molar-refractivity contribution < 1.29 is 8.42 Å². The van der Waals surface area contributed by atoms with Gasteiger partial charge in [-0.15, -0.1) is 0 Å². The number of hydrogen-bond acceptors (Lipinski definition) is 4. The van der Waals surface area contributed by atoms with Crippen LogP contribution in [0.25, 0.3) is 0 Å². The molecule has 0 aromatic carbocycles. The van der Waals surface area contributed by atoms with Gasteiger partial charge in [0.2, 0.25) is 10.0 Å². The lowest BCUT2D eigenvalue weighted by Gasteiger charge is -2.26. The lowest BCUT2D eigenvalue weighted by atomic mass is 10.1. The van der Waals surface area contributed by atoms with E-state index in [9.17, 15) is 8.42 Å². The van der Waals surface area contributed by atoms with Crippen LogP contribution >= 0.6 is 0 Å². The molecule has 0 aliphatic carbocycles. The van der Waals surface area contributed by atoms with E-state index in [1.165, 1.54) is 5.69 Å². The van der Waals surface area contributed by atoms with E-state index in [0.717, 1.165) is 37.6 Å². The van der Waals surface area contributed by atoms with Gasteiger partial charge in [0.25, 0.3) is 0 Å². The molecule has 1 aliphatic rings. The van der Waals surface area contributed by atoms with Crippen LogP contribution < -0.4 is 5.14 Å². The molecule has 0 radical (unpaired) electrons. The summed E-state index contributed by atoms with van der Waals surface area (Å²) in [5, 5.41) is 5.02. The molecule has 7 heteroatoms. The topological polar surface area (TPSA) is 81.2 Å².